The van der Waals surface area contributed by atoms with Gasteiger partial charge in [0.2, 0.25) is 5.91 Å². The number of β-amino-alcohol motifs (C(OH)–C–C–N with tert-alkyl or cyclic N) is 1. The summed E-state index contributed by atoms with van der Waals surface area (Å²) in [6.45, 7) is 0.125. The number of halogens is 1. The Morgan fingerprint density at radius 2 is 2.20 bits per heavy atom. The molecule has 1 aromatic rings. The summed E-state index contributed by atoms with van der Waals surface area (Å²) in [7, 11) is 0. The average Bonchev–Trinajstić information content (AvgIpc) is 2.95. The number of amides is 1. The van der Waals surface area contributed by atoms with Gasteiger partial charge in [0.25, 0.3) is 0 Å². The summed E-state index contributed by atoms with van der Waals surface area (Å²) in [4.78, 5) is 25.6. The maximum absolute atomic E-state index is 12.0. The van der Waals surface area contributed by atoms with Crippen molar-refractivity contribution < 1.29 is 19.8 Å². The SMILES string of the molecule is O=C(O)[C@@H]1C[C@H](O)CN1C(=O)CCCc1ccc(Br)s1. The van der Waals surface area contributed by atoms with Crippen molar-refractivity contribution in [1.29, 1.82) is 0 Å². The van der Waals surface area contributed by atoms with Gasteiger partial charge in [-0.3, -0.25) is 4.79 Å². The number of carbonyl (C=O) groups is 2. The number of hydrogen-bond donors (Lipinski definition) is 2. The van der Waals surface area contributed by atoms with E-state index in [1.54, 1.807) is 11.3 Å². The largest absolute Gasteiger partial charge is 0.480 e. The molecule has 7 heteroatoms. The average molecular weight is 362 g/mol. The number of aliphatic hydroxyl groups is 1. The van der Waals surface area contributed by atoms with E-state index in [1.807, 2.05) is 12.1 Å². The predicted molar refractivity (Wildman–Crippen MR) is 78.7 cm³/mol. The van der Waals surface area contributed by atoms with E-state index in [-0.39, 0.29) is 18.9 Å². The molecule has 0 spiro atoms. The Labute approximate surface area is 129 Å². The number of aryl methyl sites for hydroxylation is 1. The molecule has 1 aromatic heterocycles. The van der Waals surface area contributed by atoms with Crippen LogP contribution in [0.25, 0.3) is 0 Å². The maximum atomic E-state index is 12.0. The minimum Gasteiger partial charge on any atom is -0.480 e. The highest BCUT2D eigenvalue weighted by atomic mass is 79.9. The Morgan fingerprint density at radius 1 is 1.45 bits per heavy atom. The molecule has 2 heterocycles. The first-order valence-electron chi connectivity index (χ1n) is 6.42. The number of rotatable bonds is 5. The van der Waals surface area contributed by atoms with Crippen LogP contribution >= 0.6 is 27.3 Å². The Balaban J connectivity index is 1.83. The highest BCUT2D eigenvalue weighted by molar-refractivity contribution is 9.11. The Hall–Kier alpha value is -0.920. The molecule has 1 aliphatic heterocycles. The molecule has 5 nitrogen and oxygen atoms in total. The van der Waals surface area contributed by atoms with Gasteiger partial charge in [0, 0.05) is 24.3 Å². The van der Waals surface area contributed by atoms with Crippen LogP contribution in [0, 0.1) is 0 Å². The van der Waals surface area contributed by atoms with Crippen molar-refractivity contribution in [1.82, 2.24) is 4.90 Å². The summed E-state index contributed by atoms with van der Waals surface area (Å²) < 4.78 is 1.06. The number of aliphatic hydroxyl groups excluding tert-OH is 1. The minimum atomic E-state index is -1.04. The van der Waals surface area contributed by atoms with E-state index < -0.39 is 18.1 Å². The zero-order valence-electron chi connectivity index (χ0n) is 10.8. The van der Waals surface area contributed by atoms with Crippen LogP contribution in [0.2, 0.25) is 0 Å². The molecule has 2 atom stereocenters. The van der Waals surface area contributed by atoms with Crippen LogP contribution in [-0.2, 0) is 16.0 Å². The van der Waals surface area contributed by atoms with Crippen LogP contribution in [0.1, 0.15) is 24.1 Å². The first-order valence-corrected chi connectivity index (χ1v) is 8.03. The number of aliphatic carboxylic acids is 1. The summed E-state index contributed by atoms with van der Waals surface area (Å²) in [6, 6.07) is 3.10. The summed E-state index contributed by atoms with van der Waals surface area (Å²) in [6.07, 6.45) is 1.19. The van der Waals surface area contributed by atoms with E-state index in [4.69, 9.17) is 5.11 Å². The van der Waals surface area contributed by atoms with Crippen molar-refractivity contribution >= 4 is 39.1 Å². The van der Waals surface area contributed by atoms with Crippen LogP contribution in [0.15, 0.2) is 15.9 Å². The van der Waals surface area contributed by atoms with E-state index in [2.05, 4.69) is 15.9 Å². The predicted octanol–water partition coefficient (Wildman–Crippen LogP) is 1.88. The lowest BCUT2D eigenvalue weighted by atomic mass is 10.1. The van der Waals surface area contributed by atoms with Crippen molar-refractivity contribution in [3.05, 3.63) is 20.8 Å². The third-order valence-corrected chi connectivity index (χ3v) is 5.01. The summed E-state index contributed by atoms with van der Waals surface area (Å²) in [5, 5.41) is 18.6. The molecular weight excluding hydrogens is 346 g/mol. The smallest absolute Gasteiger partial charge is 0.326 e. The maximum Gasteiger partial charge on any atom is 0.326 e. The van der Waals surface area contributed by atoms with E-state index in [1.165, 1.54) is 9.78 Å². The molecule has 0 bridgehead atoms. The molecule has 1 fully saturated rings. The van der Waals surface area contributed by atoms with Gasteiger partial charge in [-0.15, -0.1) is 11.3 Å². The number of carboxylic acid groups (broad SMARTS) is 1. The first-order chi connectivity index (χ1) is 9.47. The van der Waals surface area contributed by atoms with Gasteiger partial charge in [-0.2, -0.15) is 0 Å². The molecule has 0 saturated carbocycles. The number of carbonyl (C=O) groups excluding carboxylic acids is 1. The highest BCUT2D eigenvalue weighted by Crippen LogP contribution is 2.24. The highest BCUT2D eigenvalue weighted by Gasteiger charge is 2.38. The molecule has 1 amide bonds. The van der Waals surface area contributed by atoms with Crippen molar-refractivity contribution in [3.63, 3.8) is 0 Å². The molecule has 20 heavy (non-hydrogen) atoms. The third kappa shape index (κ3) is 3.80. The van der Waals surface area contributed by atoms with Crippen LogP contribution in [0.4, 0.5) is 0 Å². The molecule has 2 rings (SSSR count). The molecule has 110 valence electrons. The van der Waals surface area contributed by atoms with Gasteiger partial charge in [-0.25, -0.2) is 4.79 Å². The van der Waals surface area contributed by atoms with Crippen molar-refractivity contribution in [3.8, 4) is 0 Å². The Morgan fingerprint density at radius 3 is 2.80 bits per heavy atom. The normalized spacial score (nSPS) is 22.2. The third-order valence-electron chi connectivity index (χ3n) is 3.33. The molecule has 1 aliphatic rings. The lowest BCUT2D eigenvalue weighted by Gasteiger charge is -2.21. The second kappa shape index (κ2) is 6.69. The van der Waals surface area contributed by atoms with E-state index in [0.29, 0.717) is 12.8 Å². The standard InChI is InChI=1S/C13H16BrNO4S/c14-11-5-4-9(20-11)2-1-3-12(17)15-7-8(16)6-10(15)13(18)19/h4-5,8,10,16H,1-3,6-7H2,(H,18,19)/t8-,10-/m0/s1. The Kier molecular flexibility index (Phi) is 5.17. The topological polar surface area (TPSA) is 77.8 Å². The van der Waals surface area contributed by atoms with Gasteiger partial charge in [0.15, 0.2) is 0 Å². The molecule has 0 aromatic carbocycles. The fourth-order valence-electron chi connectivity index (χ4n) is 2.37. The molecule has 0 unspecified atom stereocenters. The van der Waals surface area contributed by atoms with Crippen LogP contribution in [0.3, 0.4) is 0 Å². The second-order valence-corrected chi connectivity index (χ2v) is 7.40. The van der Waals surface area contributed by atoms with Crippen LogP contribution < -0.4 is 0 Å². The van der Waals surface area contributed by atoms with Gasteiger partial charge in [0.05, 0.1) is 9.89 Å². The first kappa shape index (κ1) is 15.5. The zero-order valence-corrected chi connectivity index (χ0v) is 13.2. The molecule has 1 saturated heterocycles. The molecule has 2 N–H and O–H groups in total. The zero-order chi connectivity index (χ0) is 14.7. The van der Waals surface area contributed by atoms with Crippen LogP contribution in [0.5, 0.6) is 0 Å². The Bertz CT molecular complexity index is 504. The summed E-state index contributed by atoms with van der Waals surface area (Å²) in [5.41, 5.74) is 0. The number of nitrogens with zero attached hydrogens (tertiary/aromatic N) is 1. The fourth-order valence-corrected chi connectivity index (χ4v) is 3.89. The summed E-state index contributed by atoms with van der Waals surface area (Å²) >= 11 is 5.02. The van der Waals surface area contributed by atoms with E-state index >= 15 is 0 Å². The van der Waals surface area contributed by atoms with Gasteiger partial charge in [0.1, 0.15) is 6.04 Å². The number of likely N-dealkylation sites (tertiary alicyclic amines) is 1. The van der Waals surface area contributed by atoms with E-state index in [9.17, 15) is 14.7 Å². The van der Waals surface area contributed by atoms with Crippen LogP contribution in [-0.4, -0.2) is 45.7 Å². The number of carboxylic acids is 1. The monoisotopic (exact) mass is 361 g/mol. The minimum absolute atomic E-state index is 0.124. The fraction of sp³-hybridized carbons (Fsp3) is 0.538. The van der Waals surface area contributed by atoms with E-state index in [0.717, 1.165) is 10.2 Å². The number of hydrogen-bond acceptors (Lipinski definition) is 4. The lowest BCUT2D eigenvalue weighted by molar-refractivity contribution is -0.148. The van der Waals surface area contributed by atoms with Gasteiger partial charge >= 0.3 is 5.97 Å². The lowest BCUT2D eigenvalue weighted by Crippen LogP contribution is -2.40. The summed E-state index contributed by atoms with van der Waals surface area (Å²) in [5.74, 6) is -1.23. The van der Waals surface area contributed by atoms with Gasteiger partial charge in [-0.05, 0) is 40.9 Å². The molecule has 0 radical (unpaired) electrons. The van der Waals surface area contributed by atoms with Crippen molar-refractivity contribution in [2.75, 3.05) is 6.54 Å². The van der Waals surface area contributed by atoms with Gasteiger partial charge < -0.3 is 15.1 Å². The van der Waals surface area contributed by atoms with Gasteiger partial charge in [-0.1, -0.05) is 0 Å². The van der Waals surface area contributed by atoms with Crippen molar-refractivity contribution in [2.24, 2.45) is 0 Å². The quantitative estimate of drug-likeness (QED) is 0.839. The second-order valence-electron chi connectivity index (χ2n) is 4.85. The van der Waals surface area contributed by atoms with Crippen molar-refractivity contribution in [2.45, 2.75) is 37.8 Å². The number of thiophene rings is 1. The molecule has 0 aliphatic carbocycles. The molecular formula is C13H16BrNO4S.